The Labute approximate surface area is 130 Å². The lowest BCUT2D eigenvalue weighted by Gasteiger charge is -2.32. The van der Waals surface area contributed by atoms with Gasteiger partial charge in [0.2, 0.25) is 15.9 Å². The van der Waals surface area contributed by atoms with E-state index in [-0.39, 0.29) is 11.9 Å². The number of likely N-dealkylation sites (tertiary alicyclic amines) is 1. The fourth-order valence-electron chi connectivity index (χ4n) is 2.42. The Hall–Kier alpha value is -0.920. The summed E-state index contributed by atoms with van der Waals surface area (Å²) in [6.45, 7) is 5.31. The minimum atomic E-state index is -3.41. The number of hydrogen-bond donors (Lipinski definition) is 1. The summed E-state index contributed by atoms with van der Waals surface area (Å²) in [6.07, 6.45) is 1.91. The maximum Gasteiger partial charge on any atom is 0.250 e. The Kier molecular flexibility index (Phi) is 5.40. The zero-order valence-electron chi connectivity index (χ0n) is 12.4. The van der Waals surface area contributed by atoms with Crippen molar-refractivity contribution in [3.63, 3.8) is 0 Å². The molecule has 0 aliphatic carbocycles. The first kappa shape index (κ1) is 16.5. The highest BCUT2D eigenvalue weighted by Gasteiger charge is 2.27. The summed E-state index contributed by atoms with van der Waals surface area (Å²) in [5.74, 6) is 0.525. The molecular weight excluding hydrogens is 308 g/mol. The van der Waals surface area contributed by atoms with E-state index in [0.717, 1.165) is 0 Å². The second-order valence-electron chi connectivity index (χ2n) is 5.81. The van der Waals surface area contributed by atoms with Crippen LogP contribution in [0.2, 0.25) is 0 Å². The molecule has 7 heteroatoms. The number of nitrogens with zero attached hydrogens (tertiary/aromatic N) is 1. The van der Waals surface area contributed by atoms with E-state index in [9.17, 15) is 13.2 Å². The summed E-state index contributed by atoms with van der Waals surface area (Å²) in [5, 5.41) is 1.75. The predicted molar refractivity (Wildman–Crippen MR) is 83.7 cm³/mol. The van der Waals surface area contributed by atoms with E-state index in [1.165, 1.54) is 11.3 Å². The molecule has 0 radical (unpaired) electrons. The zero-order valence-corrected chi connectivity index (χ0v) is 14.0. The van der Waals surface area contributed by atoms with Crippen LogP contribution in [0.3, 0.4) is 0 Å². The Morgan fingerprint density at radius 1 is 1.43 bits per heavy atom. The van der Waals surface area contributed by atoms with Crippen molar-refractivity contribution >= 4 is 27.3 Å². The standard InChI is InChI=1S/C14H22N2O3S2/c1-11(2)10-13(17)16-7-5-12(6-8-16)15-21(18,19)14-4-3-9-20-14/h3-4,9,11-12,15H,5-8,10H2,1-2H3. The summed E-state index contributed by atoms with van der Waals surface area (Å²) in [6, 6.07) is 3.25. The van der Waals surface area contributed by atoms with Gasteiger partial charge in [-0.15, -0.1) is 11.3 Å². The van der Waals surface area contributed by atoms with Crippen molar-refractivity contribution in [3.05, 3.63) is 17.5 Å². The van der Waals surface area contributed by atoms with Gasteiger partial charge >= 0.3 is 0 Å². The minimum absolute atomic E-state index is 0.0831. The summed E-state index contributed by atoms with van der Waals surface area (Å²) < 4.78 is 27.4. The van der Waals surface area contributed by atoms with Gasteiger partial charge in [-0.05, 0) is 30.2 Å². The van der Waals surface area contributed by atoms with Crippen molar-refractivity contribution in [1.82, 2.24) is 9.62 Å². The molecule has 0 spiro atoms. The summed E-state index contributed by atoms with van der Waals surface area (Å²) >= 11 is 1.22. The maximum atomic E-state index is 12.1. The normalized spacial score (nSPS) is 17.4. The van der Waals surface area contributed by atoms with E-state index in [4.69, 9.17) is 0 Å². The molecule has 1 aliphatic heterocycles. The molecule has 2 rings (SSSR count). The van der Waals surface area contributed by atoms with Crippen LogP contribution < -0.4 is 4.72 Å². The van der Waals surface area contributed by atoms with E-state index < -0.39 is 10.0 Å². The fourth-order valence-corrected chi connectivity index (χ4v) is 4.73. The van der Waals surface area contributed by atoms with Gasteiger partial charge in [0.05, 0.1) is 0 Å². The molecular formula is C14H22N2O3S2. The van der Waals surface area contributed by atoms with E-state index in [1.54, 1.807) is 17.5 Å². The van der Waals surface area contributed by atoms with Crippen LogP contribution in [0.15, 0.2) is 21.7 Å². The molecule has 0 bridgehead atoms. The van der Waals surface area contributed by atoms with Crippen LogP contribution in [-0.2, 0) is 14.8 Å². The minimum Gasteiger partial charge on any atom is -0.343 e. The van der Waals surface area contributed by atoms with Crippen molar-refractivity contribution in [2.75, 3.05) is 13.1 Å². The molecule has 1 aliphatic rings. The summed E-state index contributed by atoms with van der Waals surface area (Å²) in [4.78, 5) is 13.8. The monoisotopic (exact) mass is 330 g/mol. The van der Waals surface area contributed by atoms with Gasteiger partial charge in [0.25, 0.3) is 0 Å². The van der Waals surface area contributed by atoms with Gasteiger partial charge in [0, 0.05) is 25.6 Å². The quantitative estimate of drug-likeness (QED) is 0.899. The van der Waals surface area contributed by atoms with Crippen LogP contribution in [0.5, 0.6) is 0 Å². The van der Waals surface area contributed by atoms with Gasteiger partial charge in [-0.2, -0.15) is 0 Å². The van der Waals surface area contributed by atoms with Crippen LogP contribution in [0, 0.1) is 5.92 Å². The first-order chi connectivity index (χ1) is 9.88. The summed E-state index contributed by atoms with van der Waals surface area (Å²) in [5.41, 5.74) is 0. The number of thiophene rings is 1. The van der Waals surface area contributed by atoms with Gasteiger partial charge in [-0.1, -0.05) is 19.9 Å². The lowest BCUT2D eigenvalue weighted by Crippen LogP contribution is -2.46. The molecule has 0 atom stereocenters. The van der Waals surface area contributed by atoms with Gasteiger partial charge in [0.1, 0.15) is 4.21 Å². The molecule has 0 aromatic carbocycles. The molecule has 1 fully saturated rings. The number of hydrogen-bond acceptors (Lipinski definition) is 4. The van der Waals surface area contributed by atoms with Crippen LogP contribution >= 0.6 is 11.3 Å². The first-order valence-corrected chi connectivity index (χ1v) is 9.58. The van der Waals surface area contributed by atoms with Crippen molar-refractivity contribution in [2.45, 2.75) is 43.4 Å². The molecule has 1 amide bonds. The highest BCUT2D eigenvalue weighted by Crippen LogP contribution is 2.19. The van der Waals surface area contributed by atoms with E-state index in [1.807, 2.05) is 18.7 Å². The number of rotatable bonds is 5. The van der Waals surface area contributed by atoms with Crippen LogP contribution in [0.25, 0.3) is 0 Å². The molecule has 21 heavy (non-hydrogen) atoms. The molecule has 0 saturated carbocycles. The average molecular weight is 330 g/mol. The second-order valence-corrected chi connectivity index (χ2v) is 8.69. The van der Waals surface area contributed by atoms with Crippen molar-refractivity contribution in [3.8, 4) is 0 Å². The molecule has 5 nitrogen and oxygen atoms in total. The van der Waals surface area contributed by atoms with Crippen molar-refractivity contribution in [1.29, 1.82) is 0 Å². The van der Waals surface area contributed by atoms with E-state index in [2.05, 4.69) is 4.72 Å². The number of sulfonamides is 1. The third-order valence-electron chi connectivity index (χ3n) is 3.51. The van der Waals surface area contributed by atoms with Gasteiger partial charge in [-0.25, -0.2) is 13.1 Å². The molecule has 1 N–H and O–H groups in total. The summed E-state index contributed by atoms with van der Waals surface area (Å²) in [7, 11) is -3.41. The number of nitrogens with one attached hydrogen (secondary N) is 1. The fraction of sp³-hybridized carbons (Fsp3) is 0.643. The SMILES string of the molecule is CC(C)CC(=O)N1CCC(NS(=O)(=O)c2cccs2)CC1. The van der Waals surface area contributed by atoms with Crippen LogP contribution in [0.1, 0.15) is 33.1 Å². The Balaban J connectivity index is 1.86. The molecule has 1 saturated heterocycles. The highest BCUT2D eigenvalue weighted by atomic mass is 32.2. The van der Waals surface area contributed by atoms with Crippen LogP contribution in [-0.4, -0.2) is 38.4 Å². The van der Waals surface area contributed by atoms with Crippen LogP contribution in [0.4, 0.5) is 0 Å². The van der Waals surface area contributed by atoms with Crippen molar-refractivity contribution < 1.29 is 13.2 Å². The number of piperidine rings is 1. The van der Waals surface area contributed by atoms with Gasteiger partial charge in [0.15, 0.2) is 0 Å². The van der Waals surface area contributed by atoms with Gasteiger partial charge < -0.3 is 4.90 Å². The van der Waals surface area contributed by atoms with Gasteiger partial charge in [-0.3, -0.25) is 4.79 Å². The molecule has 0 unspecified atom stereocenters. The molecule has 1 aromatic heterocycles. The Bertz CT molecular complexity index is 559. The third-order valence-corrected chi connectivity index (χ3v) is 6.43. The lowest BCUT2D eigenvalue weighted by molar-refractivity contribution is -0.133. The third kappa shape index (κ3) is 4.52. The largest absolute Gasteiger partial charge is 0.343 e. The topological polar surface area (TPSA) is 66.5 Å². The lowest BCUT2D eigenvalue weighted by atomic mass is 10.0. The Morgan fingerprint density at radius 2 is 2.10 bits per heavy atom. The first-order valence-electron chi connectivity index (χ1n) is 7.22. The van der Waals surface area contributed by atoms with E-state index >= 15 is 0 Å². The average Bonchev–Trinajstić information content (AvgIpc) is 2.93. The number of carbonyl (C=O) groups is 1. The molecule has 118 valence electrons. The Morgan fingerprint density at radius 3 is 2.62 bits per heavy atom. The second kappa shape index (κ2) is 6.89. The molecule has 1 aromatic rings. The predicted octanol–water partition coefficient (Wildman–Crippen LogP) is 2.06. The highest BCUT2D eigenvalue weighted by molar-refractivity contribution is 7.91. The zero-order chi connectivity index (χ0) is 15.5. The van der Waals surface area contributed by atoms with E-state index in [0.29, 0.717) is 42.5 Å². The maximum absolute atomic E-state index is 12.1. The van der Waals surface area contributed by atoms with Crippen molar-refractivity contribution in [2.24, 2.45) is 5.92 Å². The number of amides is 1. The number of carbonyl (C=O) groups excluding carboxylic acids is 1. The smallest absolute Gasteiger partial charge is 0.250 e. The molecule has 2 heterocycles.